The quantitative estimate of drug-likeness (QED) is 0.497. The minimum absolute atomic E-state index is 0.0410. The number of aromatic nitrogens is 2. The van der Waals surface area contributed by atoms with Gasteiger partial charge in [-0.3, -0.25) is 4.98 Å². The van der Waals surface area contributed by atoms with Gasteiger partial charge in [0.05, 0.1) is 23.9 Å². The Bertz CT molecular complexity index is 1080. The van der Waals surface area contributed by atoms with Crippen molar-refractivity contribution >= 4 is 23.0 Å². The van der Waals surface area contributed by atoms with Crippen LogP contribution in [0, 0.1) is 0 Å². The highest BCUT2D eigenvalue weighted by Crippen LogP contribution is 2.42. The molecule has 0 amide bonds. The number of anilines is 1. The lowest BCUT2D eigenvalue weighted by Gasteiger charge is -2.29. The zero-order valence-corrected chi connectivity index (χ0v) is 19.9. The van der Waals surface area contributed by atoms with E-state index < -0.39 is 0 Å². The fourth-order valence-corrected chi connectivity index (χ4v) is 5.11. The highest BCUT2D eigenvalue weighted by Gasteiger charge is 2.42. The van der Waals surface area contributed by atoms with Crippen LogP contribution in [0.25, 0.3) is 0 Å². The molecule has 3 aromatic rings. The standard InChI is InChI=1S/C26H30N4O2S/c1-18(2)32-20-12-10-19(11-13-20)30-25(24(28-26(30)33)22-8-3-4-14-27-22)23-9-5-15-29(23)17-21-7-6-16-31-21/h3-5,8-15,18,21,24-25H,6-7,16-17H2,1-2H3,(H,28,33)/t21-,24-,25-/m1/s1. The Morgan fingerprint density at radius 1 is 1.15 bits per heavy atom. The van der Waals surface area contributed by atoms with Gasteiger partial charge in [-0.05, 0) is 87.4 Å². The lowest BCUT2D eigenvalue weighted by atomic mass is 10.0. The summed E-state index contributed by atoms with van der Waals surface area (Å²) in [5.74, 6) is 0.853. The molecule has 0 aliphatic carbocycles. The number of thiocarbonyl (C=S) groups is 1. The van der Waals surface area contributed by atoms with Gasteiger partial charge in [0.15, 0.2) is 5.11 Å². The lowest BCUT2D eigenvalue weighted by molar-refractivity contribution is 0.0961. The summed E-state index contributed by atoms with van der Waals surface area (Å²) in [5, 5.41) is 4.24. The van der Waals surface area contributed by atoms with E-state index >= 15 is 0 Å². The van der Waals surface area contributed by atoms with Crippen molar-refractivity contribution in [3.05, 3.63) is 78.4 Å². The van der Waals surface area contributed by atoms with Crippen molar-refractivity contribution in [2.75, 3.05) is 11.5 Å². The number of rotatable bonds is 7. The van der Waals surface area contributed by atoms with Gasteiger partial charge in [-0.1, -0.05) is 6.07 Å². The van der Waals surface area contributed by atoms with Crippen molar-refractivity contribution in [2.45, 2.75) is 57.5 Å². The number of pyridine rings is 1. The van der Waals surface area contributed by atoms with E-state index in [2.05, 4.69) is 56.3 Å². The molecule has 33 heavy (non-hydrogen) atoms. The van der Waals surface area contributed by atoms with Gasteiger partial charge in [-0.2, -0.15) is 0 Å². The van der Waals surface area contributed by atoms with E-state index in [0.29, 0.717) is 5.11 Å². The minimum atomic E-state index is -0.0663. The Labute approximate surface area is 200 Å². The molecule has 2 aliphatic heterocycles. The zero-order valence-electron chi connectivity index (χ0n) is 19.1. The summed E-state index contributed by atoms with van der Waals surface area (Å²) in [6.45, 7) is 5.76. The van der Waals surface area contributed by atoms with Crippen LogP contribution in [0.2, 0.25) is 0 Å². The molecule has 0 saturated carbocycles. The van der Waals surface area contributed by atoms with Gasteiger partial charge >= 0.3 is 0 Å². The Kier molecular flexibility index (Phi) is 6.33. The van der Waals surface area contributed by atoms with Gasteiger partial charge in [-0.15, -0.1) is 0 Å². The SMILES string of the molecule is CC(C)Oc1ccc(N2C(=S)N[C@H](c3ccccn3)[C@H]2c2cccn2C[C@H]2CCCO2)cc1. The second kappa shape index (κ2) is 9.53. The van der Waals surface area contributed by atoms with Crippen LogP contribution in [0.1, 0.15) is 50.2 Å². The number of nitrogens with one attached hydrogen (secondary N) is 1. The predicted molar refractivity (Wildman–Crippen MR) is 134 cm³/mol. The maximum Gasteiger partial charge on any atom is 0.174 e. The first-order chi connectivity index (χ1) is 16.1. The van der Waals surface area contributed by atoms with Gasteiger partial charge in [0.1, 0.15) is 11.8 Å². The summed E-state index contributed by atoms with van der Waals surface area (Å²) in [7, 11) is 0. The molecule has 2 aliphatic rings. The summed E-state index contributed by atoms with van der Waals surface area (Å²) in [6, 6.07) is 18.4. The van der Waals surface area contributed by atoms with Crippen molar-refractivity contribution in [1.29, 1.82) is 0 Å². The second-order valence-corrected chi connectivity index (χ2v) is 9.26. The van der Waals surface area contributed by atoms with Gasteiger partial charge in [0.2, 0.25) is 0 Å². The fraction of sp³-hybridized carbons (Fsp3) is 0.385. The average Bonchev–Trinajstić information content (AvgIpc) is 3.55. The van der Waals surface area contributed by atoms with E-state index in [0.717, 1.165) is 43.1 Å². The predicted octanol–water partition coefficient (Wildman–Crippen LogP) is 5.03. The van der Waals surface area contributed by atoms with Crippen LogP contribution in [0.4, 0.5) is 5.69 Å². The van der Waals surface area contributed by atoms with Crippen LogP contribution in [-0.2, 0) is 11.3 Å². The molecule has 2 fully saturated rings. The van der Waals surface area contributed by atoms with E-state index in [-0.39, 0.29) is 24.3 Å². The van der Waals surface area contributed by atoms with E-state index in [4.69, 9.17) is 21.7 Å². The van der Waals surface area contributed by atoms with E-state index in [1.807, 2.05) is 44.3 Å². The van der Waals surface area contributed by atoms with E-state index in [1.54, 1.807) is 0 Å². The number of ether oxygens (including phenoxy) is 2. The molecule has 0 spiro atoms. The number of hydrogen-bond donors (Lipinski definition) is 1. The lowest BCUT2D eigenvalue weighted by Crippen LogP contribution is -2.31. The maximum atomic E-state index is 5.93. The van der Waals surface area contributed by atoms with Crippen molar-refractivity contribution in [3.8, 4) is 5.75 Å². The number of benzene rings is 1. The molecular formula is C26H30N4O2S. The molecule has 5 rings (SSSR count). The molecular weight excluding hydrogens is 432 g/mol. The van der Waals surface area contributed by atoms with Crippen LogP contribution in [0.3, 0.4) is 0 Å². The highest BCUT2D eigenvalue weighted by molar-refractivity contribution is 7.80. The molecule has 0 bridgehead atoms. The first-order valence-corrected chi connectivity index (χ1v) is 12.0. The molecule has 1 N–H and O–H groups in total. The average molecular weight is 463 g/mol. The molecule has 0 unspecified atom stereocenters. The Morgan fingerprint density at radius 3 is 2.70 bits per heavy atom. The molecule has 0 radical (unpaired) electrons. The molecule has 6 nitrogen and oxygen atoms in total. The van der Waals surface area contributed by atoms with Crippen LogP contribution in [-0.4, -0.2) is 33.5 Å². The van der Waals surface area contributed by atoms with Gasteiger partial charge < -0.3 is 24.3 Å². The normalized spacial score (nSPS) is 22.7. The molecule has 172 valence electrons. The molecule has 2 saturated heterocycles. The smallest absolute Gasteiger partial charge is 0.174 e. The van der Waals surface area contributed by atoms with Gasteiger partial charge in [0.25, 0.3) is 0 Å². The van der Waals surface area contributed by atoms with Crippen molar-refractivity contribution in [2.24, 2.45) is 0 Å². The first-order valence-electron chi connectivity index (χ1n) is 11.6. The summed E-state index contributed by atoms with van der Waals surface area (Å²) < 4.78 is 14.1. The number of nitrogens with zero attached hydrogens (tertiary/aromatic N) is 3. The third-order valence-electron chi connectivity index (χ3n) is 6.18. The van der Waals surface area contributed by atoms with Crippen LogP contribution >= 0.6 is 12.2 Å². The second-order valence-electron chi connectivity index (χ2n) is 8.88. The van der Waals surface area contributed by atoms with E-state index in [1.165, 1.54) is 5.69 Å². The van der Waals surface area contributed by atoms with Gasteiger partial charge in [-0.25, -0.2) is 0 Å². The highest BCUT2D eigenvalue weighted by atomic mass is 32.1. The summed E-state index contributed by atoms with van der Waals surface area (Å²) in [6.07, 6.45) is 6.60. The molecule has 4 heterocycles. The molecule has 2 aromatic heterocycles. The Hall–Kier alpha value is -2.90. The topological polar surface area (TPSA) is 51.5 Å². The largest absolute Gasteiger partial charge is 0.491 e. The van der Waals surface area contributed by atoms with Crippen LogP contribution in [0.15, 0.2) is 67.0 Å². The summed E-state index contributed by atoms with van der Waals surface area (Å²) in [4.78, 5) is 6.86. The van der Waals surface area contributed by atoms with Crippen molar-refractivity contribution in [3.63, 3.8) is 0 Å². The maximum absolute atomic E-state index is 5.93. The van der Waals surface area contributed by atoms with Crippen LogP contribution in [0.5, 0.6) is 5.75 Å². The summed E-state index contributed by atoms with van der Waals surface area (Å²) in [5.41, 5.74) is 3.19. The molecule has 7 heteroatoms. The van der Waals surface area contributed by atoms with Crippen molar-refractivity contribution < 1.29 is 9.47 Å². The molecule has 1 aromatic carbocycles. The fourth-order valence-electron chi connectivity index (χ4n) is 4.76. The first kappa shape index (κ1) is 21.9. The number of hydrogen-bond acceptors (Lipinski definition) is 4. The zero-order chi connectivity index (χ0) is 22.8. The third kappa shape index (κ3) is 4.61. The van der Waals surface area contributed by atoms with E-state index in [9.17, 15) is 0 Å². The van der Waals surface area contributed by atoms with Gasteiger partial charge in [0, 0.05) is 36.9 Å². The third-order valence-corrected chi connectivity index (χ3v) is 6.49. The Balaban J connectivity index is 1.52. The minimum Gasteiger partial charge on any atom is -0.491 e. The summed E-state index contributed by atoms with van der Waals surface area (Å²) >= 11 is 5.86. The van der Waals surface area contributed by atoms with Crippen molar-refractivity contribution in [1.82, 2.24) is 14.9 Å². The van der Waals surface area contributed by atoms with Crippen LogP contribution < -0.4 is 15.0 Å². The monoisotopic (exact) mass is 462 g/mol. The Morgan fingerprint density at radius 2 is 2.00 bits per heavy atom. The molecule has 3 atom stereocenters.